The predicted octanol–water partition coefficient (Wildman–Crippen LogP) is 2.48. The third kappa shape index (κ3) is 2.59. The first-order valence-corrected chi connectivity index (χ1v) is 6.03. The fourth-order valence-corrected chi connectivity index (χ4v) is 2.51. The lowest BCUT2D eigenvalue weighted by Gasteiger charge is -2.23. The molecule has 3 heteroatoms. The van der Waals surface area contributed by atoms with Gasteiger partial charge in [0.1, 0.15) is 0 Å². The number of nitrogens with two attached hydrogens (primary N) is 1. The Labute approximate surface area is 91.7 Å². The third-order valence-electron chi connectivity index (χ3n) is 3.39. The lowest BCUT2D eigenvalue weighted by Crippen LogP contribution is -2.18. The van der Waals surface area contributed by atoms with E-state index in [9.17, 15) is 0 Å². The van der Waals surface area contributed by atoms with Crippen LogP contribution in [0.25, 0.3) is 0 Å². The molecule has 0 amide bonds. The second-order valence-electron chi connectivity index (χ2n) is 4.76. The zero-order valence-corrected chi connectivity index (χ0v) is 9.52. The smallest absolute Gasteiger partial charge is 0.0948 e. The van der Waals surface area contributed by atoms with Gasteiger partial charge < -0.3 is 10.3 Å². The second-order valence-corrected chi connectivity index (χ2v) is 4.76. The average Bonchev–Trinajstić information content (AvgIpc) is 2.67. The molecule has 2 N–H and O–H groups in total. The normalized spacial score (nSPS) is 20.4. The van der Waals surface area contributed by atoms with E-state index in [1.165, 1.54) is 37.8 Å². The number of hydrogen-bond donors (Lipinski definition) is 1. The topological polar surface area (TPSA) is 43.8 Å². The van der Waals surface area contributed by atoms with E-state index >= 15 is 0 Å². The fraction of sp³-hybridized carbons (Fsp3) is 0.750. The van der Waals surface area contributed by atoms with E-state index < -0.39 is 0 Å². The first-order chi connectivity index (χ1) is 7.27. The van der Waals surface area contributed by atoms with E-state index in [-0.39, 0.29) is 6.04 Å². The van der Waals surface area contributed by atoms with Crippen LogP contribution in [0.1, 0.15) is 50.8 Å². The summed E-state index contributed by atoms with van der Waals surface area (Å²) in [6, 6.07) is 0.0936. The van der Waals surface area contributed by atoms with E-state index in [1.807, 2.05) is 19.4 Å². The van der Waals surface area contributed by atoms with E-state index in [0.29, 0.717) is 0 Å². The molecule has 0 bridgehead atoms. The molecular weight excluding hydrogens is 186 g/mol. The van der Waals surface area contributed by atoms with Crippen LogP contribution in [0.5, 0.6) is 0 Å². The summed E-state index contributed by atoms with van der Waals surface area (Å²) in [5.41, 5.74) is 7.07. The summed E-state index contributed by atoms with van der Waals surface area (Å²) in [5, 5.41) is 0. The molecule has 1 aliphatic rings. The number of nitrogens with zero attached hydrogens (tertiary/aromatic N) is 2. The van der Waals surface area contributed by atoms with E-state index in [4.69, 9.17) is 5.73 Å². The van der Waals surface area contributed by atoms with Crippen molar-refractivity contribution < 1.29 is 0 Å². The number of rotatable bonds is 3. The van der Waals surface area contributed by atoms with Gasteiger partial charge in [-0.25, -0.2) is 4.98 Å². The van der Waals surface area contributed by atoms with Crippen molar-refractivity contribution in [2.24, 2.45) is 11.7 Å². The Morgan fingerprint density at radius 1 is 1.47 bits per heavy atom. The summed E-state index contributed by atoms with van der Waals surface area (Å²) in [6.07, 6.45) is 10.8. The maximum absolute atomic E-state index is 5.90. The van der Waals surface area contributed by atoms with Gasteiger partial charge in [-0.2, -0.15) is 0 Å². The molecule has 0 radical (unpaired) electrons. The van der Waals surface area contributed by atoms with Crippen LogP contribution in [0, 0.1) is 5.92 Å². The Morgan fingerprint density at radius 2 is 2.20 bits per heavy atom. The van der Waals surface area contributed by atoms with Gasteiger partial charge in [-0.15, -0.1) is 0 Å². The van der Waals surface area contributed by atoms with Gasteiger partial charge in [0.15, 0.2) is 0 Å². The number of hydrogen-bond acceptors (Lipinski definition) is 2. The molecule has 1 unspecified atom stereocenters. The van der Waals surface area contributed by atoms with Gasteiger partial charge in [0.25, 0.3) is 0 Å². The first kappa shape index (κ1) is 10.7. The van der Waals surface area contributed by atoms with Gasteiger partial charge in [0.2, 0.25) is 0 Å². The number of imidazole rings is 1. The van der Waals surface area contributed by atoms with Crippen LogP contribution in [0.2, 0.25) is 0 Å². The summed E-state index contributed by atoms with van der Waals surface area (Å²) in [7, 11) is 0. The van der Waals surface area contributed by atoms with Crippen molar-refractivity contribution in [2.75, 3.05) is 0 Å². The van der Waals surface area contributed by atoms with Crippen LogP contribution in [0.15, 0.2) is 12.5 Å². The third-order valence-corrected chi connectivity index (χ3v) is 3.39. The van der Waals surface area contributed by atoms with Crippen LogP contribution in [-0.2, 0) is 6.54 Å². The highest BCUT2D eigenvalue weighted by atomic mass is 15.1. The Hall–Kier alpha value is -0.830. The summed E-state index contributed by atoms with van der Waals surface area (Å²) < 4.78 is 2.24. The highest BCUT2D eigenvalue weighted by Gasteiger charge is 2.15. The summed E-state index contributed by atoms with van der Waals surface area (Å²) >= 11 is 0. The van der Waals surface area contributed by atoms with Crippen molar-refractivity contribution in [2.45, 2.75) is 51.6 Å². The lowest BCUT2D eigenvalue weighted by atomic mass is 9.89. The molecule has 15 heavy (non-hydrogen) atoms. The zero-order valence-electron chi connectivity index (χ0n) is 9.52. The quantitative estimate of drug-likeness (QED) is 0.827. The molecule has 0 aromatic carbocycles. The minimum atomic E-state index is 0.0936. The first-order valence-electron chi connectivity index (χ1n) is 6.03. The van der Waals surface area contributed by atoms with Crippen molar-refractivity contribution in [3.8, 4) is 0 Å². The Morgan fingerprint density at radius 3 is 2.87 bits per heavy atom. The number of aromatic nitrogens is 2. The average molecular weight is 207 g/mol. The largest absolute Gasteiger partial charge is 0.333 e. The molecular formula is C12H21N3. The van der Waals surface area contributed by atoms with Crippen molar-refractivity contribution >= 4 is 0 Å². The Balaban J connectivity index is 1.99. The predicted molar refractivity (Wildman–Crippen MR) is 61.4 cm³/mol. The monoisotopic (exact) mass is 207 g/mol. The molecule has 1 heterocycles. The van der Waals surface area contributed by atoms with Crippen LogP contribution < -0.4 is 5.73 Å². The standard InChI is InChI=1S/C12H21N3/c1-10(13)12-7-14-9-15(12)8-11-5-3-2-4-6-11/h7,9-11H,2-6,8,13H2,1H3. The van der Waals surface area contributed by atoms with E-state index in [0.717, 1.165) is 12.5 Å². The molecule has 1 saturated carbocycles. The van der Waals surface area contributed by atoms with Crippen LogP contribution in [0.4, 0.5) is 0 Å². The van der Waals surface area contributed by atoms with Crippen molar-refractivity contribution in [1.82, 2.24) is 9.55 Å². The molecule has 1 aliphatic carbocycles. The summed E-state index contributed by atoms with van der Waals surface area (Å²) in [6.45, 7) is 3.13. The molecule has 2 rings (SSSR count). The molecule has 3 nitrogen and oxygen atoms in total. The van der Waals surface area contributed by atoms with Crippen LogP contribution >= 0.6 is 0 Å². The highest BCUT2D eigenvalue weighted by molar-refractivity contribution is 5.03. The van der Waals surface area contributed by atoms with Crippen molar-refractivity contribution in [3.05, 3.63) is 18.2 Å². The molecule has 1 aromatic heterocycles. The Bertz CT molecular complexity index is 298. The van der Waals surface area contributed by atoms with Crippen LogP contribution in [-0.4, -0.2) is 9.55 Å². The summed E-state index contributed by atoms with van der Waals surface area (Å²) in [5.74, 6) is 0.838. The SMILES string of the molecule is CC(N)c1cncn1CC1CCCCC1. The van der Waals surface area contributed by atoms with Crippen molar-refractivity contribution in [3.63, 3.8) is 0 Å². The summed E-state index contributed by atoms with van der Waals surface area (Å²) in [4.78, 5) is 4.19. The Kier molecular flexibility index (Phi) is 3.41. The lowest BCUT2D eigenvalue weighted by molar-refractivity contribution is 0.315. The van der Waals surface area contributed by atoms with Gasteiger partial charge in [-0.1, -0.05) is 19.3 Å². The molecule has 1 fully saturated rings. The molecule has 0 spiro atoms. The van der Waals surface area contributed by atoms with Crippen molar-refractivity contribution in [1.29, 1.82) is 0 Å². The van der Waals surface area contributed by atoms with Gasteiger partial charge >= 0.3 is 0 Å². The van der Waals surface area contributed by atoms with Gasteiger partial charge in [0, 0.05) is 18.8 Å². The molecule has 1 atom stereocenters. The molecule has 0 aliphatic heterocycles. The fourth-order valence-electron chi connectivity index (χ4n) is 2.51. The minimum Gasteiger partial charge on any atom is -0.333 e. The second kappa shape index (κ2) is 4.79. The van der Waals surface area contributed by atoms with Gasteiger partial charge in [-0.05, 0) is 25.7 Å². The van der Waals surface area contributed by atoms with E-state index in [1.54, 1.807) is 0 Å². The maximum atomic E-state index is 5.90. The van der Waals surface area contributed by atoms with Gasteiger partial charge in [0.05, 0.1) is 12.0 Å². The van der Waals surface area contributed by atoms with Gasteiger partial charge in [-0.3, -0.25) is 0 Å². The van der Waals surface area contributed by atoms with E-state index in [2.05, 4.69) is 9.55 Å². The maximum Gasteiger partial charge on any atom is 0.0948 e. The minimum absolute atomic E-state index is 0.0936. The molecule has 84 valence electrons. The zero-order chi connectivity index (χ0) is 10.7. The molecule has 1 aromatic rings. The van der Waals surface area contributed by atoms with Crippen LogP contribution in [0.3, 0.4) is 0 Å². The molecule has 0 saturated heterocycles. The highest BCUT2D eigenvalue weighted by Crippen LogP contribution is 2.25.